The first-order chi connectivity index (χ1) is 9.08. The molecule has 102 valence electrons. The van der Waals surface area contributed by atoms with Gasteiger partial charge in [-0.2, -0.15) is 0 Å². The van der Waals surface area contributed by atoms with Crippen LogP contribution in [0.1, 0.15) is 24.8 Å². The van der Waals surface area contributed by atoms with Gasteiger partial charge in [-0.1, -0.05) is 12.1 Å². The molecule has 2 aliphatic carbocycles. The third-order valence-electron chi connectivity index (χ3n) is 4.99. The zero-order valence-corrected chi connectivity index (χ0v) is 11.7. The van der Waals surface area contributed by atoms with Crippen LogP contribution in [0.3, 0.4) is 0 Å². The van der Waals surface area contributed by atoms with Gasteiger partial charge >= 0.3 is 0 Å². The van der Waals surface area contributed by atoms with Crippen molar-refractivity contribution in [2.45, 2.75) is 32.2 Å². The fraction of sp³-hybridized carbons (Fsp3) is 0.562. The number of rotatable bonds is 2. The zero-order valence-electron chi connectivity index (χ0n) is 11.7. The molecule has 1 amide bonds. The fourth-order valence-electron chi connectivity index (χ4n) is 3.89. The molecule has 4 unspecified atom stereocenters. The maximum Gasteiger partial charge on any atom is 0.231 e. The first-order valence-electron chi connectivity index (χ1n) is 7.17. The third kappa shape index (κ3) is 2.06. The molecule has 3 heteroatoms. The number of anilines is 1. The van der Waals surface area contributed by atoms with E-state index < -0.39 is 0 Å². The van der Waals surface area contributed by atoms with Crippen LogP contribution >= 0.6 is 0 Å². The van der Waals surface area contributed by atoms with E-state index in [9.17, 15) is 4.79 Å². The first kappa shape index (κ1) is 12.7. The minimum absolute atomic E-state index is 0.0317. The second-order valence-electron chi connectivity index (χ2n) is 6.17. The van der Waals surface area contributed by atoms with Crippen molar-refractivity contribution in [1.82, 2.24) is 0 Å². The van der Waals surface area contributed by atoms with Crippen LogP contribution in [0, 0.1) is 24.7 Å². The molecule has 2 N–H and O–H groups in total. The lowest BCUT2D eigenvalue weighted by Crippen LogP contribution is -2.46. The maximum atomic E-state index is 12.7. The smallest absolute Gasteiger partial charge is 0.231 e. The quantitative estimate of drug-likeness (QED) is 0.885. The van der Waals surface area contributed by atoms with Crippen LogP contribution in [0.15, 0.2) is 24.3 Å². The first-order valence-corrected chi connectivity index (χ1v) is 7.17. The van der Waals surface area contributed by atoms with Crippen LogP contribution in [0.5, 0.6) is 0 Å². The lowest BCUT2D eigenvalue weighted by Gasteiger charge is -2.31. The highest BCUT2D eigenvalue weighted by molar-refractivity contribution is 5.95. The molecule has 3 rings (SSSR count). The van der Waals surface area contributed by atoms with Crippen molar-refractivity contribution in [3.8, 4) is 0 Å². The van der Waals surface area contributed by atoms with Crippen LogP contribution in [-0.4, -0.2) is 19.0 Å². The Labute approximate surface area is 114 Å². The molecule has 3 nitrogen and oxygen atoms in total. The highest BCUT2D eigenvalue weighted by Gasteiger charge is 2.49. The summed E-state index contributed by atoms with van der Waals surface area (Å²) in [5.74, 6) is 1.32. The van der Waals surface area contributed by atoms with Crippen molar-refractivity contribution in [1.29, 1.82) is 0 Å². The van der Waals surface area contributed by atoms with Gasteiger partial charge in [-0.05, 0) is 55.7 Å². The van der Waals surface area contributed by atoms with E-state index >= 15 is 0 Å². The average Bonchev–Trinajstić information content (AvgIpc) is 2.98. The second-order valence-corrected chi connectivity index (χ2v) is 6.17. The summed E-state index contributed by atoms with van der Waals surface area (Å²) >= 11 is 0. The lowest BCUT2D eigenvalue weighted by atomic mass is 9.84. The molecule has 2 fully saturated rings. The van der Waals surface area contributed by atoms with Gasteiger partial charge in [0.1, 0.15) is 0 Å². The SMILES string of the molecule is Cc1cccc(N(C)C(=O)C2C3CCC(C3)C2N)c1. The predicted molar refractivity (Wildman–Crippen MR) is 76.9 cm³/mol. The number of fused-ring (bicyclic) bond motifs is 2. The summed E-state index contributed by atoms with van der Waals surface area (Å²) in [7, 11) is 1.87. The van der Waals surface area contributed by atoms with E-state index in [-0.39, 0.29) is 17.9 Å². The predicted octanol–water partition coefficient (Wildman–Crippen LogP) is 2.33. The Bertz CT molecular complexity index is 497. The van der Waals surface area contributed by atoms with Gasteiger partial charge in [0, 0.05) is 18.8 Å². The van der Waals surface area contributed by atoms with Gasteiger partial charge in [-0.25, -0.2) is 0 Å². The molecule has 1 aromatic carbocycles. The van der Waals surface area contributed by atoms with Crippen molar-refractivity contribution in [3.05, 3.63) is 29.8 Å². The van der Waals surface area contributed by atoms with E-state index in [2.05, 4.69) is 6.07 Å². The van der Waals surface area contributed by atoms with Crippen LogP contribution in [0.25, 0.3) is 0 Å². The van der Waals surface area contributed by atoms with Crippen molar-refractivity contribution < 1.29 is 4.79 Å². The topological polar surface area (TPSA) is 46.3 Å². The third-order valence-corrected chi connectivity index (χ3v) is 4.99. The second kappa shape index (κ2) is 4.64. The number of nitrogens with two attached hydrogens (primary N) is 1. The number of carbonyl (C=O) groups is 1. The zero-order chi connectivity index (χ0) is 13.6. The molecule has 0 aliphatic heterocycles. The van der Waals surface area contributed by atoms with Gasteiger partial charge in [0.05, 0.1) is 5.92 Å². The summed E-state index contributed by atoms with van der Waals surface area (Å²) < 4.78 is 0. The highest BCUT2D eigenvalue weighted by atomic mass is 16.2. The summed E-state index contributed by atoms with van der Waals surface area (Å²) in [5.41, 5.74) is 8.41. The Kier molecular flexibility index (Phi) is 3.09. The minimum atomic E-state index is 0.0317. The molecule has 1 aromatic rings. The van der Waals surface area contributed by atoms with E-state index in [1.807, 2.05) is 32.2 Å². The standard InChI is InChI=1S/C16H22N2O/c1-10-4-3-5-13(8-10)18(2)16(19)14-11-6-7-12(9-11)15(14)17/h3-5,8,11-12,14-15H,6-7,9,17H2,1-2H3. The Balaban J connectivity index is 1.80. The van der Waals surface area contributed by atoms with Crippen LogP contribution < -0.4 is 10.6 Å². The van der Waals surface area contributed by atoms with Crippen molar-refractivity contribution in [2.75, 3.05) is 11.9 Å². The number of carbonyl (C=O) groups excluding carboxylic acids is 1. The van der Waals surface area contributed by atoms with Gasteiger partial charge < -0.3 is 10.6 Å². The molecule has 2 saturated carbocycles. The summed E-state index contributed by atoms with van der Waals surface area (Å²) in [6.07, 6.45) is 3.54. The Morgan fingerprint density at radius 1 is 1.32 bits per heavy atom. The van der Waals surface area contributed by atoms with E-state index in [0.29, 0.717) is 11.8 Å². The van der Waals surface area contributed by atoms with Crippen molar-refractivity contribution in [3.63, 3.8) is 0 Å². The van der Waals surface area contributed by atoms with Gasteiger partial charge in [-0.3, -0.25) is 4.79 Å². The van der Waals surface area contributed by atoms with Crippen molar-refractivity contribution >= 4 is 11.6 Å². The van der Waals surface area contributed by atoms with Gasteiger partial charge in [-0.15, -0.1) is 0 Å². The van der Waals surface area contributed by atoms with Crippen LogP contribution in [0.4, 0.5) is 5.69 Å². The molecule has 2 aliphatic rings. The minimum Gasteiger partial charge on any atom is -0.327 e. The Morgan fingerprint density at radius 3 is 2.68 bits per heavy atom. The molecular weight excluding hydrogens is 236 g/mol. The average molecular weight is 258 g/mol. The maximum absolute atomic E-state index is 12.7. The van der Waals surface area contributed by atoms with Gasteiger partial charge in [0.25, 0.3) is 0 Å². The molecule has 4 atom stereocenters. The molecule has 0 spiro atoms. The van der Waals surface area contributed by atoms with E-state index in [1.54, 1.807) is 4.90 Å². The van der Waals surface area contributed by atoms with Crippen molar-refractivity contribution in [2.24, 2.45) is 23.5 Å². The van der Waals surface area contributed by atoms with E-state index in [1.165, 1.54) is 18.4 Å². The lowest BCUT2D eigenvalue weighted by molar-refractivity contribution is -0.124. The number of aryl methyl sites for hydroxylation is 1. The highest BCUT2D eigenvalue weighted by Crippen LogP contribution is 2.48. The molecule has 0 saturated heterocycles. The molecule has 19 heavy (non-hydrogen) atoms. The van der Waals surface area contributed by atoms with Crippen LogP contribution in [0.2, 0.25) is 0 Å². The number of amides is 1. The number of hydrogen-bond donors (Lipinski definition) is 1. The Hall–Kier alpha value is -1.35. The summed E-state index contributed by atoms with van der Waals surface area (Å²) in [5, 5.41) is 0. The number of benzene rings is 1. The molecule has 0 aromatic heterocycles. The van der Waals surface area contributed by atoms with Gasteiger partial charge in [0.2, 0.25) is 5.91 Å². The van der Waals surface area contributed by atoms with E-state index in [0.717, 1.165) is 12.1 Å². The number of nitrogens with zero attached hydrogens (tertiary/aromatic N) is 1. The fourth-order valence-corrected chi connectivity index (χ4v) is 3.89. The largest absolute Gasteiger partial charge is 0.327 e. The van der Waals surface area contributed by atoms with Crippen LogP contribution in [-0.2, 0) is 4.79 Å². The molecule has 0 radical (unpaired) electrons. The summed E-state index contributed by atoms with van der Waals surface area (Å²) in [6, 6.07) is 8.15. The molecule has 2 bridgehead atoms. The van der Waals surface area contributed by atoms with Gasteiger partial charge in [0.15, 0.2) is 0 Å². The Morgan fingerprint density at radius 2 is 2.05 bits per heavy atom. The summed E-state index contributed by atoms with van der Waals surface area (Å²) in [6.45, 7) is 2.05. The number of hydrogen-bond acceptors (Lipinski definition) is 2. The normalized spacial score (nSPS) is 32.6. The van der Waals surface area contributed by atoms with E-state index in [4.69, 9.17) is 5.73 Å². The summed E-state index contributed by atoms with van der Waals surface area (Å²) in [4.78, 5) is 14.5. The monoisotopic (exact) mass is 258 g/mol. The molecule has 0 heterocycles. The molecular formula is C16H22N2O.